The number of carboxylic acid groups (broad SMARTS) is 1. The molecule has 98 valence electrons. The Hall–Kier alpha value is -1.75. The fourth-order valence-corrected chi connectivity index (χ4v) is 1.62. The van der Waals surface area contributed by atoms with Crippen LogP contribution in [0.5, 0.6) is 0 Å². The Morgan fingerprint density at radius 2 is 2.11 bits per heavy atom. The van der Waals surface area contributed by atoms with Crippen LogP contribution in [0.1, 0.15) is 23.7 Å². The second-order valence-corrected chi connectivity index (χ2v) is 4.12. The lowest BCUT2D eigenvalue weighted by molar-refractivity contribution is -0.137. The summed E-state index contributed by atoms with van der Waals surface area (Å²) in [5.41, 5.74) is 0.858. The Morgan fingerprint density at radius 1 is 1.44 bits per heavy atom. The highest BCUT2D eigenvalue weighted by molar-refractivity contribution is 6.33. The highest BCUT2D eigenvalue weighted by Gasteiger charge is 2.16. The van der Waals surface area contributed by atoms with E-state index >= 15 is 0 Å². The van der Waals surface area contributed by atoms with Crippen molar-refractivity contribution in [2.45, 2.75) is 19.4 Å². The molecule has 0 fully saturated rings. The number of halogens is 1. The van der Waals surface area contributed by atoms with Crippen molar-refractivity contribution < 1.29 is 14.7 Å². The number of benzene rings is 1. The molecule has 0 bridgehead atoms. The van der Waals surface area contributed by atoms with Gasteiger partial charge in [0.15, 0.2) is 0 Å². The van der Waals surface area contributed by atoms with Gasteiger partial charge in [0.1, 0.15) is 6.04 Å². The van der Waals surface area contributed by atoms with Crippen molar-refractivity contribution >= 4 is 29.2 Å². The van der Waals surface area contributed by atoms with Gasteiger partial charge in [0.05, 0.1) is 10.7 Å². The summed E-state index contributed by atoms with van der Waals surface area (Å²) >= 11 is 5.96. The SMILES string of the molecule is CCC(Nc1cc(C(=O)NC)ccc1Cl)C(=O)O. The van der Waals surface area contributed by atoms with Crippen molar-refractivity contribution in [2.75, 3.05) is 12.4 Å². The van der Waals surface area contributed by atoms with E-state index in [2.05, 4.69) is 10.6 Å². The van der Waals surface area contributed by atoms with E-state index in [9.17, 15) is 9.59 Å². The van der Waals surface area contributed by atoms with Crippen LogP contribution < -0.4 is 10.6 Å². The topological polar surface area (TPSA) is 78.4 Å². The van der Waals surface area contributed by atoms with Crippen LogP contribution >= 0.6 is 11.6 Å². The van der Waals surface area contributed by atoms with Crippen LogP contribution in [0.15, 0.2) is 18.2 Å². The molecule has 1 rings (SSSR count). The van der Waals surface area contributed by atoms with Crippen LogP contribution in [0.4, 0.5) is 5.69 Å². The zero-order valence-corrected chi connectivity index (χ0v) is 10.9. The second-order valence-electron chi connectivity index (χ2n) is 3.72. The number of nitrogens with one attached hydrogen (secondary N) is 2. The minimum Gasteiger partial charge on any atom is -0.480 e. The lowest BCUT2D eigenvalue weighted by atomic mass is 10.1. The van der Waals surface area contributed by atoms with Crippen molar-refractivity contribution in [3.63, 3.8) is 0 Å². The molecule has 3 N–H and O–H groups in total. The Morgan fingerprint density at radius 3 is 2.61 bits per heavy atom. The van der Waals surface area contributed by atoms with Crippen LogP contribution in [0.3, 0.4) is 0 Å². The van der Waals surface area contributed by atoms with E-state index in [1.165, 1.54) is 13.1 Å². The monoisotopic (exact) mass is 270 g/mol. The first-order valence-electron chi connectivity index (χ1n) is 5.50. The van der Waals surface area contributed by atoms with Gasteiger partial charge < -0.3 is 15.7 Å². The van der Waals surface area contributed by atoms with E-state index in [1.54, 1.807) is 19.1 Å². The average Bonchev–Trinajstić information content (AvgIpc) is 2.36. The van der Waals surface area contributed by atoms with Crippen LogP contribution in [0.25, 0.3) is 0 Å². The van der Waals surface area contributed by atoms with Gasteiger partial charge in [0.25, 0.3) is 5.91 Å². The molecule has 0 spiro atoms. The molecule has 0 aromatic heterocycles. The van der Waals surface area contributed by atoms with Gasteiger partial charge in [0, 0.05) is 12.6 Å². The van der Waals surface area contributed by atoms with Gasteiger partial charge in [-0.2, -0.15) is 0 Å². The number of aliphatic carboxylic acids is 1. The molecule has 0 aliphatic rings. The molecule has 1 aromatic rings. The Balaban J connectivity index is 3.00. The van der Waals surface area contributed by atoms with Crippen LogP contribution in [-0.4, -0.2) is 30.1 Å². The Bertz CT molecular complexity index is 463. The molecule has 0 aliphatic carbocycles. The molecule has 0 saturated carbocycles. The smallest absolute Gasteiger partial charge is 0.326 e. The van der Waals surface area contributed by atoms with Gasteiger partial charge in [-0.3, -0.25) is 4.79 Å². The van der Waals surface area contributed by atoms with E-state index in [0.29, 0.717) is 22.7 Å². The zero-order chi connectivity index (χ0) is 13.7. The predicted molar refractivity (Wildman–Crippen MR) is 70.2 cm³/mol. The molecule has 0 saturated heterocycles. The number of carbonyl (C=O) groups excluding carboxylic acids is 1. The van der Waals surface area contributed by atoms with E-state index in [4.69, 9.17) is 16.7 Å². The van der Waals surface area contributed by atoms with E-state index in [1.807, 2.05) is 0 Å². The maximum absolute atomic E-state index is 11.5. The molecule has 0 heterocycles. The van der Waals surface area contributed by atoms with Crippen molar-refractivity contribution in [3.05, 3.63) is 28.8 Å². The molecular formula is C12H15ClN2O3. The van der Waals surface area contributed by atoms with Gasteiger partial charge in [-0.15, -0.1) is 0 Å². The molecule has 1 aromatic carbocycles. The highest BCUT2D eigenvalue weighted by Crippen LogP contribution is 2.24. The first-order valence-corrected chi connectivity index (χ1v) is 5.88. The molecule has 5 nitrogen and oxygen atoms in total. The van der Waals surface area contributed by atoms with Gasteiger partial charge in [-0.05, 0) is 24.6 Å². The summed E-state index contributed by atoms with van der Waals surface area (Å²) in [5, 5.41) is 14.6. The zero-order valence-electron chi connectivity index (χ0n) is 10.2. The molecule has 6 heteroatoms. The fourth-order valence-electron chi connectivity index (χ4n) is 1.45. The third-order valence-corrected chi connectivity index (χ3v) is 2.82. The minimum absolute atomic E-state index is 0.252. The molecule has 0 aliphatic heterocycles. The third kappa shape index (κ3) is 3.37. The fraction of sp³-hybridized carbons (Fsp3) is 0.333. The summed E-state index contributed by atoms with van der Waals surface area (Å²) in [4.78, 5) is 22.4. The summed E-state index contributed by atoms with van der Waals surface area (Å²) in [6, 6.07) is 3.94. The van der Waals surface area contributed by atoms with Crippen LogP contribution in [0, 0.1) is 0 Å². The number of rotatable bonds is 5. The number of amides is 1. The minimum atomic E-state index is -0.959. The predicted octanol–water partition coefficient (Wildman–Crippen LogP) is 1.97. The lowest BCUT2D eigenvalue weighted by Crippen LogP contribution is -2.28. The van der Waals surface area contributed by atoms with Crippen LogP contribution in [-0.2, 0) is 4.79 Å². The van der Waals surface area contributed by atoms with Gasteiger partial charge >= 0.3 is 5.97 Å². The van der Waals surface area contributed by atoms with Gasteiger partial charge in [-0.25, -0.2) is 4.79 Å². The maximum Gasteiger partial charge on any atom is 0.326 e. The summed E-state index contributed by atoms with van der Waals surface area (Å²) in [7, 11) is 1.52. The number of hydrogen-bond donors (Lipinski definition) is 3. The average molecular weight is 271 g/mol. The normalized spacial score (nSPS) is 11.7. The van der Waals surface area contributed by atoms with Crippen molar-refractivity contribution in [3.8, 4) is 0 Å². The second kappa shape index (κ2) is 6.26. The number of carboxylic acids is 1. The summed E-state index contributed by atoms with van der Waals surface area (Å²) < 4.78 is 0. The number of anilines is 1. The summed E-state index contributed by atoms with van der Waals surface area (Å²) in [6.45, 7) is 1.75. The maximum atomic E-state index is 11.5. The molecule has 1 unspecified atom stereocenters. The lowest BCUT2D eigenvalue weighted by Gasteiger charge is -2.15. The third-order valence-electron chi connectivity index (χ3n) is 2.49. The first-order chi connectivity index (χ1) is 8.49. The first kappa shape index (κ1) is 14.3. The van der Waals surface area contributed by atoms with E-state index in [-0.39, 0.29) is 5.91 Å². The van der Waals surface area contributed by atoms with E-state index in [0.717, 1.165) is 0 Å². The summed E-state index contributed by atoms with van der Waals surface area (Å²) in [5.74, 6) is -1.21. The molecule has 1 amide bonds. The Kier molecular flexibility index (Phi) is 4.97. The van der Waals surface area contributed by atoms with Gasteiger partial charge in [-0.1, -0.05) is 18.5 Å². The standard InChI is InChI=1S/C12H15ClN2O3/c1-3-9(12(17)18)15-10-6-7(11(16)14-2)4-5-8(10)13/h4-6,9,15H,3H2,1-2H3,(H,14,16)(H,17,18). The highest BCUT2D eigenvalue weighted by atomic mass is 35.5. The number of hydrogen-bond acceptors (Lipinski definition) is 3. The van der Waals surface area contributed by atoms with Crippen molar-refractivity contribution in [2.24, 2.45) is 0 Å². The van der Waals surface area contributed by atoms with Gasteiger partial charge in [0.2, 0.25) is 0 Å². The van der Waals surface area contributed by atoms with Crippen molar-refractivity contribution in [1.29, 1.82) is 0 Å². The number of carbonyl (C=O) groups is 2. The molecule has 18 heavy (non-hydrogen) atoms. The molecule has 1 atom stereocenters. The molecule has 0 radical (unpaired) electrons. The summed E-state index contributed by atoms with van der Waals surface area (Å²) in [6.07, 6.45) is 0.413. The van der Waals surface area contributed by atoms with E-state index < -0.39 is 12.0 Å². The largest absolute Gasteiger partial charge is 0.480 e. The Labute approximate surface area is 110 Å². The van der Waals surface area contributed by atoms with Crippen LogP contribution in [0.2, 0.25) is 5.02 Å². The molecular weight excluding hydrogens is 256 g/mol. The quantitative estimate of drug-likeness (QED) is 0.764. The van der Waals surface area contributed by atoms with Crippen molar-refractivity contribution in [1.82, 2.24) is 5.32 Å².